The number of piperazine rings is 1. The first-order valence-electron chi connectivity index (χ1n) is 7.12. The Balaban J connectivity index is 2.51. The van der Waals surface area contributed by atoms with E-state index in [1.165, 1.54) is 6.42 Å². The van der Waals surface area contributed by atoms with Gasteiger partial charge in [-0.15, -0.1) is 0 Å². The number of nitrogens with one attached hydrogen (secondary N) is 1. The van der Waals surface area contributed by atoms with Crippen LogP contribution >= 0.6 is 0 Å². The molecule has 1 amide bonds. The molecule has 1 rings (SSSR count). The van der Waals surface area contributed by atoms with Crippen LogP contribution in [0.4, 0.5) is 0 Å². The lowest BCUT2D eigenvalue weighted by Gasteiger charge is -2.40. The minimum absolute atomic E-state index is 0.0474. The van der Waals surface area contributed by atoms with Crippen molar-refractivity contribution < 1.29 is 4.79 Å². The smallest absolute Gasteiger partial charge is 0.251 e. The molecule has 0 aromatic heterocycles. The Morgan fingerprint density at radius 3 is 2.22 bits per heavy atom. The molecule has 1 aliphatic rings. The monoisotopic (exact) mass is 256 g/mol. The van der Waals surface area contributed by atoms with E-state index in [9.17, 15) is 4.79 Å². The van der Waals surface area contributed by atoms with Gasteiger partial charge in [0.2, 0.25) is 0 Å². The lowest BCUT2D eigenvalue weighted by molar-refractivity contribution is -0.127. The van der Waals surface area contributed by atoms with E-state index < -0.39 is 0 Å². The Morgan fingerprint density at radius 1 is 1.22 bits per heavy atom. The number of amides is 1. The van der Waals surface area contributed by atoms with Crippen LogP contribution in [0.15, 0.2) is 0 Å². The second kappa shape index (κ2) is 7.71. The zero-order chi connectivity index (χ0) is 13.5. The molecule has 0 aromatic rings. The van der Waals surface area contributed by atoms with Gasteiger partial charge in [-0.3, -0.25) is 20.0 Å². The summed E-state index contributed by atoms with van der Waals surface area (Å²) in [6, 6.07) is 0.583. The van der Waals surface area contributed by atoms with Crippen molar-refractivity contribution in [3.8, 4) is 0 Å². The number of carbonyl (C=O) groups excluding carboxylic acids is 1. The summed E-state index contributed by atoms with van der Waals surface area (Å²) < 4.78 is 0. The lowest BCUT2D eigenvalue weighted by atomic mass is 10.1. The topological polar surface area (TPSA) is 61.6 Å². The number of hydrogen-bond acceptors (Lipinski definition) is 4. The van der Waals surface area contributed by atoms with Crippen molar-refractivity contribution in [2.45, 2.75) is 52.1 Å². The molecule has 1 fully saturated rings. The second-order valence-electron chi connectivity index (χ2n) is 5.14. The predicted octanol–water partition coefficient (Wildman–Crippen LogP) is 0.561. The van der Waals surface area contributed by atoms with Crippen LogP contribution < -0.4 is 11.3 Å². The fourth-order valence-corrected chi connectivity index (χ4v) is 2.60. The highest BCUT2D eigenvalue weighted by Gasteiger charge is 2.28. The summed E-state index contributed by atoms with van der Waals surface area (Å²) in [4.78, 5) is 16.5. The van der Waals surface area contributed by atoms with E-state index in [-0.39, 0.29) is 11.9 Å². The number of hydrazine groups is 1. The zero-order valence-corrected chi connectivity index (χ0v) is 12.0. The highest BCUT2D eigenvalue weighted by atomic mass is 16.2. The van der Waals surface area contributed by atoms with Crippen molar-refractivity contribution in [1.82, 2.24) is 15.2 Å². The molecule has 1 saturated heterocycles. The largest absolute Gasteiger partial charge is 0.298 e. The molecule has 3 N–H and O–H groups in total. The first kappa shape index (κ1) is 15.4. The SMILES string of the molecule is CCCC(C(=O)NN)N1CCN(C(C)CC)CC1. The van der Waals surface area contributed by atoms with E-state index >= 15 is 0 Å². The molecular formula is C13H28N4O. The van der Waals surface area contributed by atoms with Gasteiger partial charge >= 0.3 is 0 Å². The van der Waals surface area contributed by atoms with Gasteiger partial charge in [-0.25, -0.2) is 5.84 Å². The Kier molecular flexibility index (Phi) is 6.60. The van der Waals surface area contributed by atoms with Gasteiger partial charge in [0, 0.05) is 32.2 Å². The summed E-state index contributed by atoms with van der Waals surface area (Å²) in [5, 5.41) is 0. The van der Waals surface area contributed by atoms with Gasteiger partial charge in [0.05, 0.1) is 6.04 Å². The molecule has 2 atom stereocenters. The van der Waals surface area contributed by atoms with Crippen LogP contribution in [0.5, 0.6) is 0 Å². The van der Waals surface area contributed by atoms with Gasteiger partial charge in [0.15, 0.2) is 0 Å². The molecule has 2 unspecified atom stereocenters. The molecule has 1 heterocycles. The van der Waals surface area contributed by atoms with E-state index in [0.29, 0.717) is 6.04 Å². The average Bonchev–Trinajstić information content (AvgIpc) is 2.43. The summed E-state index contributed by atoms with van der Waals surface area (Å²) in [5.74, 6) is 5.22. The second-order valence-corrected chi connectivity index (χ2v) is 5.14. The minimum Gasteiger partial charge on any atom is -0.298 e. The molecule has 5 heteroatoms. The molecule has 0 spiro atoms. The summed E-state index contributed by atoms with van der Waals surface area (Å²) in [6.07, 6.45) is 3.07. The maximum atomic E-state index is 11.8. The van der Waals surface area contributed by atoms with Crippen LogP contribution in [0, 0.1) is 0 Å². The maximum absolute atomic E-state index is 11.8. The summed E-state index contributed by atoms with van der Waals surface area (Å²) in [7, 11) is 0. The number of rotatable bonds is 6. The van der Waals surface area contributed by atoms with Crippen molar-refractivity contribution in [1.29, 1.82) is 0 Å². The molecular weight excluding hydrogens is 228 g/mol. The third-order valence-corrected chi connectivity index (χ3v) is 4.01. The van der Waals surface area contributed by atoms with Crippen molar-refractivity contribution in [2.24, 2.45) is 5.84 Å². The van der Waals surface area contributed by atoms with Crippen LogP contribution in [0.2, 0.25) is 0 Å². The highest BCUT2D eigenvalue weighted by molar-refractivity contribution is 5.81. The van der Waals surface area contributed by atoms with Crippen molar-refractivity contribution >= 4 is 5.91 Å². The molecule has 0 bridgehead atoms. The van der Waals surface area contributed by atoms with Gasteiger partial charge in [0.25, 0.3) is 5.91 Å². The summed E-state index contributed by atoms with van der Waals surface area (Å²) in [6.45, 7) is 10.6. The van der Waals surface area contributed by atoms with E-state index in [2.05, 4.69) is 36.0 Å². The van der Waals surface area contributed by atoms with Gasteiger partial charge < -0.3 is 0 Å². The van der Waals surface area contributed by atoms with Crippen LogP contribution in [0.3, 0.4) is 0 Å². The molecule has 0 aromatic carbocycles. The molecule has 1 aliphatic heterocycles. The fourth-order valence-electron chi connectivity index (χ4n) is 2.60. The molecule has 0 saturated carbocycles. The number of nitrogens with two attached hydrogens (primary N) is 1. The van der Waals surface area contributed by atoms with Crippen LogP contribution in [0.1, 0.15) is 40.0 Å². The Hall–Kier alpha value is -0.650. The van der Waals surface area contributed by atoms with Crippen LogP contribution in [-0.4, -0.2) is 54.0 Å². The van der Waals surface area contributed by atoms with E-state index in [0.717, 1.165) is 39.0 Å². The van der Waals surface area contributed by atoms with Gasteiger partial charge in [0.1, 0.15) is 0 Å². The van der Waals surface area contributed by atoms with Crippen molar-refractivity contribution in [2.75, 3.05) is 26.2 Å². The summed E-state index contributed by atoms with van der Waals surface area (Å²) in [5.41, 5.74) is 2.30. The molecule has 106 valence electrons. The normalized spacial score (nSPS) is 21.6. The third-order valence-electron chi connectivity index (χ3n) is 4.01. The van der Waals surface area contributed by atoms with Crippen LogP contribution in [-0.2, 0) is 4.79 Å². The van der Waals surface area contributed by atoms with E-state index in [1.54, 1.807) is 0 Å². The highest BCUT2D eigenvalue weighted by Crippen LogP contribution is 2.14. The third kappa shape index (κ3) is 3.93. The molecule has 5 nitrogen and oxygen atoms in total. The first-order chi connectivity index (χ1) is 8.63. The predicted molar refractivity (Wildman–Crippen MR) is 73.9 cm³/mol. The molecule has 0 aliphatic carbocycles. The zero-order valence-electron chi connectivity index (χ0n) is 12.0. The Morgan fingerprint density at radius 2 is 1.78 bits per heavy atom. The van der Waals surface area contributed by atoms with Crippen molar-refractivity contribution in [3.05, 3.63) is 0 Å². The standard InChI is InChI=1S/C13H28N4O/c1-4-6-12(13(18)15-14)17-9-7-16(8-10-17)11(3)5-2/h11-12H,4-10,14H2,1-3H3,(H,15,18). The van der Waals surface area contributed by atoms with Gasteiger partial charge in [-0.05, 0) is 19.8 Å². The van der Waals surface area contributed by atoms with Crippen molar-refractivity contribution in [3.63, 3.8) is 0 Å². The Labute approximate surface area is 111 Å². The molecule has 18 heavy (non-hydrogen) atoms. The van der Waals surface area contributed by atoms with Gasteiger partial charge in [-0.1, -0.05) is 20.3 Å². The van der Waals surface area contributed by atoms with Crippen LogP contribution in [0.25, 0.3) is 0 Å². The van der Waals surface area contributed by atoms with Gasteiger partial charge in [-0.2, -0.15) is 0 Å². The quantitative estimate of drug-likeness (QED) is 0.414. The minimum atomic E-state index is -0.0564. The van der Waals surface area contributed by atoms with E-state index in [4.69, 9.17) is 5.84 Å². The lowest BCUT2D eigenvalue weighted by Crippen LogP contribution is -2.57. The fraction of sp³-hybridized carbons (Fsp3) is 0.923. The number of hydrogen-bond donors (Lipinski definition) is 2. The summed E-state index contributed by atoms with van der Waals surface area (Å²) >= 11 is 0. The Bertz CT molecular complexity index is 251. The van der Waals surface area contributed by atoms with E-state index in [1.807, 2.05) is 0 Å². The number of nitrogens with zero attached hydrogens (tertiary/aromatic N) is 2. The number of carbonyl (C=O) groups is 1. The average molecular weight is 256 g/mol. The maximum Gasteiger partial charge on any atom is 0.251 e. The first-order valence-corrected chi connectivity index (χ1v) is 7.12. The molecule has 0 radical (unpaired) electrons.